The minimum absolute atomic E-state index is 0.373. The molecule has 1 saturated heterocycles. The van der Waals surface area contributed by atoms with Crippen LogP contribution in [0.25, 0.3) is 0 Å². The molecule has 1 aliphatic rings. The number of hydrogen-bond donors (Lipinski definition) is 1. The predicted molar refractivity (Wildman–Crippen MR) is 68.8 cm³/mol. The smallest absolute Gasteiger partial charge is 0.0678 e. The van der Waals surface area contributed by atoms with Crippen LogP contribution in [0.15, 0.2) is 0 Å². The molecule has 0 amide bonds. The fourth-order valence-electron chi connectivity index (χ4n) is 2.55. The molecule has 0 aromatic heterocycles. The summed E-state index contributed by atoms with van der Waals surface area (Å²) >= 11 is 0. The molecule has 0 aromatic carbocycles. The first-order valence-corrected chi connectivity index (χ1v) is 6.61. The van der Waals surface area contributed by atoms with Crippen LogP contribution < -0.4 is 5.32 Å². The molecule has 1 aliphatic heterocycles. The number of likely N-dealkylation sites (N-methyl/N-ethyl adjacent to an activating group) is 1. The second-order valence-electron chi connectivity index (χ2n) is 5.26. The summed E-state index contributed by atoms with van der Waals surface area (Å²) < 4.78 is 5.76. The molecular formula is C13H28N2O. The second-order valence-corrected chi connectivity index (χ2v) is 5.26. The van der Waals surface area contributed by atoms with Gasteiger partial charge in [-0.05, 0) is 26.8 Å². The Morgan fingerprint density at radius 3 is 2.31 bits per heavy atom. The highest BCUT2D eigenvalue weighted by Gasteiger charge is 2.25. The van der Waals surface area contributed by atoms with E-state index >= 15 is 0 Å². The van der Waals surface area contributed by atoms with Crippen LogP contribution in [0.5, 0.6) is 0 Å². The number of hydrogen-bond acceptors (Lipinski definition) is 3. The molecule has 0 bridgehead atoms. The Morgan fingerprint density at radius 2 is 1.88 bits per heavy atom. The largest absolute Gasteiger partial charge is 0.373 e. The van der Waals surface area contributed by atoms with Crippen LogP contribution in [0, 0.1) is 5.92 Å². The Labute approximate surface area is 101 Å². The average Bonchev–Trinajstić information content (AvgIpc) is 2.23. The Bertz CT molecular complexity index is 188. The second kappa shape index (κ2) is 6.58. The summed E-state index contributed by atoms with van der Waals surface area (Å²) in [5, 5.41) is 3.45. The number of nitrogens with zero attached hydrogens (tertiary/aromatic N) is 1. The molecule has 4 atom stereocenters. The molecule has 0 aromatic rings. The molecule has 16 heavy (non-hydrogen) atoms. The Balaban J connectivity index is 2.44. The third-order valence-electron chi connectivity index (χ3n) is 3.65. The van der Waals surface area contributed by atoms with Gasteiger partial charge in [-0.1, -0.05) is 20.3 Å². The molecule has 0 spiro atoms. The fraction of sp³-hybridized carbons (Fsp3) is 1.00. The van der Waals surface area contributed by atoms with Gasteiger partial charge in [-0.2, -0.15) is 0 Å². The van der Waals surface area contributed by atoms with Crippen LogP contribution in [0.3, 0.4) is 0 Å². The third-order valence-corrected chi connectivity index (χ3v) is 3.65. The highest BCUT2D eigenvalue weighted by molar-refractivity contribution is 4.80. The van der Waals surface area contributed by atoms with Crippen LogP contribution >= 0.6 is 0 Å². The van der Waals surface area contributed by atoms with Crippen molar-refractivity contribution in [2.45, 2.75) is 52.4 Å². The van der Waals surface area contributed by atoms with Crippen LogP contribution in [0.1, 0.15) is 34.1 Å². The van der Waals surface area contributed by atoms with Crippen molar-refractivity contribution in [1.29, 1.82) is 0 Å². The highest BCUT2D eigenvalue weighted by atomic mass is 16.5. The molecule has 0 radical (unpaired) electrons. The van der Waals surface area contributed by atoms with Gasteiger partial charge in [0.1, 0.15) is 0 Å². The van der Waals surface area contributed by atoms with Crippen molar-refractivity contribution in [2.24, 2.45) is 5.92 Å². The fourth-order valence-corrected chi connectivity index (χ4v) is 2.55. The van der Waals surface area contributed by atoms with Gasteiger partial charge in [0.05, 0.1) is 12.2 Å². The van der Waals surface area contributed by atoms with E-state index in [4.69, 9.17) is 4.74 Å². The van der Waals surface area contributed by atoms with E-state index in [2.05, 4.69) is 45.0 Å². The Kier molecular flexibility index (Phi) is 5.73. The molecular weight excluding hydrogens is 200 g/mol. The van der Waals surface area contributed by atoms with E-state index in [-0.39, 0.29) is 0 Å². The van der Waals surface area contributed by atoms with Crippen molar-refractivity contribution in [2.75, 3.05) is 26.7 Å². The average molecular weight is 228 g/mol. The maximum absolute atomic E-state index is 5.76. The number of ether oxygens (including phenoxy) is 1. The van der Waals surface area contributed by atoms with E-state index < -0.39 is 0 Å². The number of nitrogens with one attached hydrogen (secondary N) is 1. The van der Waals surface area contributed by atoms with Crippen LogP contribution in [-0.4, -0.2) is 49.8 Å². The van der Waals surface area contributed by atoms with E-state index in [1.165, 1.54) is 6.42 Å². The predicted octanol–water partition coefficient (Wildman–Crippen LogP) is 1.73. The van der Waals surface area contributed by atoms with Gasteiger partial charge in [0.25, 0.3) is 0 Å². The lowest BCUT2D eigenvalue weighted by atomic mass is 9.98. The molecule has 3 nitrogen and oxygen atoms in total. The zero-order chi connectivity index (χ0) is 12.1. The zero-order valence-corrected chi connectivity index (χ0v) is 11.5. The lowest BCUT2D eigenvalue weighted by Gasteiger charge is -2.38. The molecule has 0 saturated carbocycles. The van der Waals surface area contributed by atoms with Crippen LogP contribution in [0.2, 0.25) is 0 Å². The molecule has 3 heteroatoms. The first-order chi connectivity index (χ1) is 7.56. The first kappa shape index (κ1) is 13.9. The number of morpholine rings is 1. The summed E-state index contributed by atoms with van der Waals surface area (Å²) in [6, 6.07) is 0.600. The maximum Gasteiger partial charge on any atom is 0.0678 e. The summed E-state index contributed by atoms with van der Waals surface area (Å²) in [6.45, 7) is 12.2. The van der Waals surface area contributed by atoms with E-state index in [1.54, 1.807) is 0 Å². The third kappa shape index (κ3) is 4.04. The van der Waals surface area contributed by atoms with Crippen molar-refractivity contribution >= 4 is 0 Å². The normalized spacial score (nSPS) is 31.3. The topological polar surface area (TPSA) is 24.5 Å². The van der Waals surface area contributed by atoms with Crippen molar-refractivity contribution < 1.29 is 4.74 Å². The monoisotopic (exact) mass is 228 g/mol. The van der Waals surface area contributed by atoms with Gasteiger partial charge in [-0.3, -0.25) is 4.90 Å². The summed E-state index contributed by atoms with van der Waals surface area (Å²) in [5.41, 5.74) is 0. The first-order valence-electron chi connectivity index (χ1n) is 6.61. The zero-order valence-electron chi connectivity index (χ0n) is 11.5. The molecule has 1 fully saturated rings. The van der Waals surface area contributed by atoms with Gasteiger partial charge < -0.3 is 10.1 Å². The maximum atomic E-state index is 5.76. The van der Waals surface area contributed by atoms with E-state index in [0.717, 1.165) is 25.6 Å². The van der Waals surface area contributed by atoms with Gasteiger partial charge >= 0.3 is 0 Å². The Hall–Kier alpha value is -0.120. The molecule has 1 heterocycles. The minimum atomic E-state index is 0.373. The van der Waals surface area contributed by atoms with Gasteiger partial charge in [-0.25, -0.2) is 0 Å². The van der Waals surface area contributed by atoms with Crippen molar-refractivity contribution in [3.8, 4) is 0 Å². The number of rotatable bonds is 5. The molecule has 1 N–H and O–H groups in total. The SMILES string of the molecule is CCC(C)C(CN1C[C@@H](C)O[C@@H](C)C1)NC. The van der Waals surface area contributed by atoms with E-state index in [0.29, 0.717) is 18.2 Å². The Morgan fingerprint density at radius 1 is 1.31 bits per heavy atom. The summed E-state index contributed by atoms with van der Waals surface area (Å²) in [4.78, 5) is 2.53. The van der Waals surface area contributed by atoms with Gasteiger partial charge in [-0.15, -0.1) is 0 Å². The van der Waals surface area contributed by atoms with E-state index in [1.807, 2.05) is 0 Å². The standard InChI is InChI=1S/C13H28N2O/c1-6-10(2)13(14-5)9-15-7-11(3)16-12(4)8-15/h10-14H,6-9H2,1-5H3/t10?,11-,12+,13?. The quantitative estimate of drug-likeness (QED) is 0.775. The van der Waals surface area contributed by atoms with Crippen molar-refractivity contribution in [3.05, 3.63) is 0 Å². The lowest BCUT2D eigenvalue weighted by Crippen LogP contribution is -2.51. The lowest BCUT2D eigenvalue weighted by molar-refractivity contribution is -0.0709. The highest BCUT2D eigenvalue weighted by Crippen LogP contribution is 2.14. The molecule has 0 aliphatic carbocycles. The van der Waals surface area contributed by atoms with Crippen LogP contribution in [-0.2, 0) is 4.74 Å². The van der Waals surface area contributed by atoms with Gasteiger partial charge in [0, 0.05) is 25.7 Å². The van der Waals surface area contributed by atoms with Gasteiger partial charge in [0.2, 0.25) is 0 Å². The summed E-state index contributed by atoms with van der Waals surface area (Å²) in [6.07, 6.45) is 1.98. The van der Waals surface area contributed by atoms with Crippen molar-refractivity contribution in [1.82, 2.24) is 10.2 Å². The summed E-state index contributed by atoms with van der Waals surface area (Å²) in [7, 11) is 2.07. The molecule has 2 unspecified atom stereocenters. The van der Waals surface area contributed by atoms with Crippen molar-refractivity contribution in [3.63, 3.8) is 0 Å². The van der Waals surface area contributed by atoms with Crippen LogP contribution in [0.4, 0.5) is 0 Å². The molecule has 96 valence electrons. The van der Waals surface area contributed by atoms with Gasteiger partial charge in [0.15, 0.2) is 0 Å². The molecule has 1 rings (SSSR count). The minimum Gasteiger partial charge on any atom is -0.373 e. The summed E-state index contributed by atoms with van der Waals surface area (Å²) in [5.74, 6) is 0.735. The van der Waals surface area contributed by atoms with E-state index in [9.17, 15) is 0 Å².